The van der Waals surface area contributed by atoms with Crippen molar-refractivity contribution in [3.8, 4) is 6.07 Å². The van der Waals surface area contributed by atoms with E-state index in [1.165, 1.54) is 0 Å². The molecular formula is C11H13BrN2O2S. The third kappa shape index (κ3) is 4.36. The van der Waals surface area contributed by atoms with Crippen molar-refractivity contribution in [2.45, 2.75) is 6.92 Å². The second-order valence-electron chi connectivity index (χ2n) is 3.46. The first kappa shape index (κ1) is 14.0. The molecule has 0 bridgehead atoms. The van der Waals surface area contributed by atoms with Gasteiger partial charge in [0.15, 0.2) is 9.84 Å². The topological polar surface area (TPSA) is 70.0 Å². The Balaban J connectivity index is 2.70. The lowest BCUT2D eigenvalue weighted by Gasteiger charge is -2.08. The summed E-state index contributed by atoms with van der Waals surface area (Å²) in [6.07, 6.45) is 0. The molecule has 0 unspecified atom stereocenters. The highest BCUT2D eigenvalue weighted by Gasteiger charge is 2.08. The molecule has 4 nitrogen and oxygen atoms in total. The summed E-state index contributed by atoms with van der Waals surface area (Å²) in [4.78, 5) is 0. The minimum atomic E-state index is -2.98. The molecule has 1 N–H and O–H groups in total. The molecule has 1 rings (SSSR count). The number of hydrogen-bond donors (Lipinski definition) is 1. The first-order valence-corrected chi connectivity index (χ1v) is 7.74. The van der Waals surface area contributed by atoms with Crippen LogP contribution in [0.2, 0.25) is 0 Å². The van der Waals surface area contributed by atoms with Gasteiger partial charge in [-0.15, -0.1) is 0 Å². The molecule has 92 valence electrons. The van der Waals surface area contributed by atoms with Crippen molar-refractivity contribution >= 4 is 31.5 Å². The molecule has 0 radical (unpaired) electrons. The smallest absolute Gasteiger partial charge is 0.151 e. The first-order valence-electron chi connectivity index (χ1n) is 5.12. The highest BCUT2D eigenvalue weighted by atomic mass is 79.9. The van der Waals surface area contributed by atoms with E-state index >= 15 is 0 Å². The van der Waals surface area contributed by atoms with Crippen LogP contribution in [0.4, 0.5) is 5.69 Å². The molecule has 6 heteroatoms. The van der Waals surface area contributed by atoms with Crippen molar-refractivity contribution in [3.05, 3.63) is 28.2 Å². The molecule has 0 aliphatic heterocycles. The van der Waals surface area contributed by atoms with Gasteiger partial charge in [-0.25, -0.2) is 8.42 Å². The van der Waals surface area contributed by atoms with Gasteiger partial charge < -0.3 is 5.32 Å². The summed E-state index contributed by atoms with van der Waals surface area (Å²) in [6, 6.07) is 7.26. The number of nitrogens with one attached hydrogen (secondary N) is 1. The Labute approximate surface area is 110 Å². The largest absolute Gasteiger partial charge is 0.383 e. The SMILES string of the molecule is CCS(=O)(=O)CCNc1cc(Br)ccc1C#N. The van der Waals surface area contributed by atoms with Crippen LogP contribution in [-0.2, 0) is 9.84 Å². The maximum atomic E-state index is 11.3. The van der Waals surface area contributed by atoms with Crippen LogP contribution in [0.15, 0.2) is 22.7 Å². The van der Waals surface area contributed by atoms with Crippen molar-refractivity contribution in [2.24, 2.45) is 0 Å². The molecule has 1 aromatic rings. The minimum absolute atomic E-state index is 0.0703. The third-order valence-electron chi connectivity index (χ3n) is 2.27. The molecule has 0 fully saturated rings. The maximum Gasteiger partial charge on any atom is 0.151 e. The fourth-order valence-electron chi connectivity index (χ4n) is 1.25. The van der Waals surface area contributed by atoms with Gasteiger partial charge in [0.25, 0.3) is 0 Å². The molecule has 1 aromatic carbocycles. The summed E-state index contributed by atoms with van der Waals surface area (Å²) in [5.41, 5.74) is 1.15. The standard InChI is InChI=1S/C11H13BrN2O2S/c1-2-17(15,16)6-5-14-11-7-10(12)4-3-9(11)8-13/h3-4,7,14H,2,5-6H2,1H3. The number of halogens is 1. The quantitative estimate of drug-likeness (QED) is 0.903. The van der Waals surface area contributed by atoms with Crippen molar-refractivity contribution < 1.29 is 8.42 Å². The Morgan fingerprint density at radius 1 is 1.47 bits per heavy atom. The second kappa shape index (κ2) is 6.03. The van der Waals surface area contributed by atoms with E-state index in [2.05, 4.69) is 27.3 Å². The molecule has 0 spiro atoms. The molecular weight excluding hydrogens is 304 g/mol. The van der Waals surface area contributed by atoms with Crippen LogP contribution < -0.4 is 5.32 Å². The molecule has 17 heavy (non-hydrogen) atoms. The summed E-state index contributed by atoms with van der Waals surface area (Å²) in [5, 5.41) is 11.9. The van der Waals surface area contributed by atoms with E-state index in [0.717, 1.165) is 4.47 Å². The lowest BCUT2D eigenvalue weighted by atomic mass is 10.2. The highest BCUT2D eigenvalue weighted by molar-refractivity contribution is 9.10. The van der Waals surface area contributed by atoms with E-state index in [0.29, 0.717) is 17.8 Å². The van der Waals surface area contributed by atoms with Crippen LogP contribution in [0, 0.1) is 11.3 Å². The lowest BCUT2D eigenvalue weighted by Crippen LogP contribution is -2.17. The van der Waals surface area contributed by atoms with Gasteiger partial charge in [-0.2, -0.15) is 5.26 Å². The lowest BCUT2D eigenvalue weighted by molar-refractivity contribution is 0.597. The van der Waals surface area contributed by atoms with Gasteiger partial charge in [-0.3, -0.25) is 0 Å². The molecule has 0 amide bonds. The minimum Gasteiger partial charge on any atom is -0.383 e. The van der Waals surface area contributed by atoms with Gasteiger partial charge in [0.05, 0.1) is 17.0 Å². The number of benzene rings is 1. The van der Waals surface area contributed by atoms with E-state index in [-0.39, 0.29) is 11.5 Å². The van der Waals surface area contributed by atoms with Crippen molar-refractivity contribution in [2.75, 3.05) is 23.4 Å². The summed E-state index contributed by atoms with van der Waals surface area (Å²) < 4.78 is 23.4. The number of nitrogens with zero attached hydrogens (tertiary/aromatic N) is 1. The van der Waals surface area contributed by atoms with Gasteiger partial charge in [0.2, 0.25) is 0 Å². The van der Waals surface area contributed by atoms with Crippen molar-refractivity contribution in [1.82, 2.24) is 0 Å². The van der Waals surface area contributed by atoms with Crippen LogP contribution in [0.3, 0.4) is 0 Å². The van der Waals surface area contributed by atoms with Crippen LogP contribution in [0.1, 0.15) is 12.5 Å². The first-order chi connectivity index (χ1) is 7.98. The fraction of sp³-hybridized carbons (Fsp3) is 0.364. The average Bonchev–Trinajstić information content (AvgIpc) is 2.29. The highest BCUT2D eigenvalue weighted by Crippen LogP contribution is 2.20. The van der Waals surface area contributed by atoms with E-state index in [9.17, 15) is 8.42 Å². The summed E-state index contributed by atoms with van der Waals surface area (Å²) in [7, 11) is -2.98. The number of sulfone groups is 1. The maximum absolute atomic E-state index is 11.3. The summed E-state index contributed by atoms with van der Waals surface area (Å²) in [5.74, 6) is 0.207. The molecule has 0 saturated carbocycles. The Morgan fingerprint density at radius 3 is 2.76 bits per heavy atom. The number of hydrogen-bond acceptors (Lipinski definition) is 4. The van der Waals surface area contributed by atoms with Crippen molar-refractivity contribution in [3.63, 3.8) is 0 Å². The normalized spacial score (nSPS) is 10.9. The molecule has 0 aliphatic carbocycles. The van der Waals surface area contributed by atoms with E-state index in [1.54, 1.807) is 25.1 Å². The van der Waals surface area contributed by atoms with Gasteiger partial charge in [0.1, 0.15) is 6.07 Å². The molecule has 0 aromatic heterocycles. The van der Waals surface area contributed by atoms with Gasteiger partial charge in [-0.1, -0.05) is 22.9 Å². The number of rotatable bonds is 5. The summed E-state index contributed by atoms with van der Waals surface area (Å²) >= 11 is 3.30. The number of anilines is 1. The van der Waals surface area contributed by atoms with Gasteiger partial charge in [-0.05, 0) is 18.2 Å². The van der Waals surface area contributed by atoms with Crippen LogP contribution in [0.25, 0.3) is 0 Å². The third-order valence-corrected chi connectivity index (χ3v) is 4.47. The number of nitriles is 1. The Morgan fingerprint density at radius 2 is 2.18 bits per heavy atom. The molecule has 0 heterocycles. The predicted octanol–water partition coefficient (Wildman–Crippen LogP) is 2.17. The average molecular weight is 317 g/mol. The zero-order valence-corrected chi connectivity index (χ0v) is 11.8. The Kier molecular flexibility index (Phi) is 4.97. The summed E-state index contributed by atoms with van der Waals surface area (Å²) in [6.45, 7) is 1.93. The monoisotopic (exact) mass is 316 g/mol. The van der Waals surface area contributed by atoms with Crippen LogP contribution in [-0.4, -0.2) is 26.5 Å². The van der Waals surface area contributed by atoms with Gasteiger partial charge >= 0.3 is 0 Å². The van der Waals surface area contributed by atoms with Crippen LogP contribution >= 0.6 is 15.9 Å². The zero-order chi connectivity index (χ0) is 12.9. The van der Waals surface area contributed by atoms with Crippen molar-refractivity contribution in [1.29, 1.82) is 5.26 Å². The molecule has 0 atom stereocenters. The fourth-order valence-corrected chi connectivity index (χ4v) is 2.31. The predicted molar refractivity (Wildman–Crippen MR) is 71.7 cm³/mol. The van der Waals surface area contributed by atoms with E-state index in [4.69, 9.17) is 5.26 Å². The van der Waals surface area contributed by atoms with Gasteiger partial charge in [0, 0.05) is 16.8 Å². The van der Waals surface area contributed by atoms with Crippen LogP contribution in [0.5, 0.6) is 0 Å². The molecule has 0 saturated heterocycles. The Bertz CT molecular complexity index is 535. The zero-order valence-electron chi connectivity index (χ0n) is 9.40. The molecule has 0 aliphatic rings. The second-order valence-corrected chi connectivity index (χ2v) is 6.85. The Hall–Kier alpha value is -1.06. The van der Waals surface area contributed by atoms with E-state index < -0.39 is 9.84 Å². The van der Waals surface area contributed by atoms with E-state index in [1.807, 2.05) is 0 Å².